The van der Waals surface area contributed by atoms with Crippen molar-refractivity contribution in [1.29, 1.82) is 0 Å². The summed E-state index contributed by atoms with van der Waals surface area (Å²) < 4.78 is 0. The van der Waals surface area contributed by atoms with Crippen molar-refractivity contribution in [3.63, 3.8) is 0 Å². The molecule has 0 radical (unpaired) electrons. The van der Waals surface area contributed by atoms with Crippen LogP contribution in [-0.2, 0) is 4.79 Å². The zero-order chi connectivity index (χ0) is 17.1. The Morgan fingerprint density at radius 2 is 1.88 bits per heavy atom. The summed E-state index contributed by atoms with van der Waals surface area (Å²) in [7, 11) is 0. The minimum absolute atomic E-state index is 0.116. The molecule has 6 nitrogen and oxygen atoms in total. The molecule has 24 heavy (non-hydrogen) atoms. The van der Waals surface area contributed by atoms with E-state index in [0.717, 1.165) is 17.3 Å². The first kappa shape index (κ1) is 16.2. The third kappa shape index (κ3) is 3.64. The fourth-order valence-electron chi connectivity index (χ4n) is 2.01. The molecule has 0 saturated carbocycles. The summed E-state index contributed by atoms with van der Waals surface area (Å²) in [5.41, 5.74) is 0.900. The van der Waals surface area contributed by atoms with Crippen molar-refractivity contribution in [2.75, 3.05) is 0 Å². The van der Waals surface area contributed by atoms with Gasteiger partial charge in [0.2, 0.25) is 0 Å². The number of carbonyl (C=O) groups excluding carboxylic acids is 1. The van der Waals surface area contributed by atoms with E-state index in [1.54, 1.807) is 42.5 Å². The van der Waals surface area contributed by atoms with Crippen molar-refractivity contribution in [2.45, 2.75) is 0 Å². The number of nitro benzene ring substituents is 1. The number of thioether (sulfide) groups is 1. The molecular formula is C16H10ClN3O3S. The Balaban J connectivity index is 1.87. The standard InChI is InChI=1S/C16H10ClN3O3S/c17-11-7-5-10(6-8-11)9-14-15(21)19-16(24-14)18-12-3-1-2-4-13(12)20(22)23/h1-9H,(H,18,19,21)/b14-9-. The lowest BCUT2D eigenvalue weighted by Gasteiger charge is -1.98. The van der Waals surface area contributed by atoms with Gasteiger partial charge in [0, 0.05) is 11.1 Å². The van der Waals surface area contributed by atoms with Crippen molar-refractivity contribution in [1.82, 2.24) is 5.32 Å². The highest BCUT2D eigenvalue weighted by molar-refractivity contribution is 8.18. The van der Waals surface area contributed by atoms with Crippen LogP contribution in [0.4, 0.5) is 11.4 Å². The zero-order valence-corrected chi connectivity index (χ0v) is 13.7. The highest BCUT2D eigenvalue weighted by Crippen LogP contribution is 2.31. The smallest absolute Gasteiger partial charge is 0.294 e. The van der Waals surface area contributed by atoms with Crippen LogP contribution in [0.25, 0.3) is 6.08 Å². The Bertz CT molecular complexity index is 878. The lowest BCUT2D eigenvalue weighted by atomic mass is 10.2. The molecule has 1 heterocycles. The first-order valence-electron chi connectivity index (χ1n) is 6.81. The van der Waals surface area contributed by atoms with Gasteiger partial charge in [0.1, 0.15) is 5.69 Å². The molecule has 8 heteroatoms. The van der Waals surface area contributed by atoms with Crippen molar-refractivity contribution < 1.29 is 9.72 Å². The maximum atomic E-state index is 12.0. The van der Waals surface area contributed by atoms with E-state index in [0.29, 0.717) is 15.1 Å². The first-order chi connectivity index (χ1) is 11.5. The number of para-hydroxylation sites is 2. The van der Waals surface area contributed by atoms with Crippen LogP contribution in [0.5, 0.6) is 0 Å². The molecule has 0 spiro atoms. The minimum atomic E-state index is -0.509. The number of nitrogens with one attached hydrogen (secondary N) is 1. The number of carbonyl (C=O) groups is 1. The van der Waals surface area contributed by atoms with E-state index in [-0.39, 0.29) is 17.3 Å². The van der Waals surface area contributed by atoms with Crippen LogP contribution in [0.15, 0.2) is 58.4 Å². The largest absolute Gasteiger partial charge is 0.300 e. The summed E-state index contributed by atoms with van der Waals surface area (Å²) in [5.74, 6) is -0.299. The number of aliphatic imine (C=N–C) groups is 1. The number of rotatable bonds is 3. The average Bonchev–Trinajstić information content (AvgIpc) is 2.89. The van der Waals surface area contributed by atoms with Crippen LogP contribution in [-0.4, -0.2) is 16.0 Å². The molecule has 2 aromatic carbocycles. The third-order valence-electron chi connectivity index (χ3n) is 3.12. The molecule has 3 rings (SSSR count). The number of hydrogen-bond acceptors (Lipinski definition) is 5. The SMILES string of the molecule is O=C1NC(=Nc2ccccc2[N+](=O)[O-])S/C1=C\c1ccc(Cl)cc1. The van der Waals surface area contributed by atoms with Gasteiger partial charge < -0.3 is 5.32 Å². The maximum absolute atomic E-state index is 12.0. The molecule has 1 aliphatic rings. The van der Waals surface area contributed by atoms with E-state index in [1.165, 1.54) is 12.1 Å². The normalized spacial score (nSPS) is 17.3. The van der Waals surface area contributed by atoms with Crippen LogP contribution < -0.4 is 5.32 Å². The molecule has 1 fully saturated rings. The van der Waals surface area contributed by atoms with Crippen LogP contribution in [0, 0.1) is 10.1 Å². The van der Waals surface area contributed by atoms with Gasteiger partial charge in [-0.1, -0.05) is 35.9 Å². The van der Waals surface area contributed by atoms with Gasteiger partial charge in [-0.3, -0.25) is 14.9 Å². The molecule has 0 aliphatic carbocycles. The van der Waals surface area contributed by atoms with Crippen molar-refractivity contribution in [3.8, 4) is 0 Å². The molecule has 0 atom stereocenters. The Kier molecular flexibility index (Phi) is 4.64. The number of hydrogen-bond donors (Lipinski definition) is 1. The summed E-state index contributed by atoms with van der Waals surface area (Å²) in [5, 5.41) is 14.5. The van der Waals surface area contributed by atoms with Crippen LogP contribution >= 0.6 is 23.4 Å². The van der Waals surface area contributed by atoms with E-state index < -0.39 is 4.92 Å². The Hall–Kier alpha value is -2.64. The Labute approximate surface area is 146 Å². The molecule has 1 saturated heterocycles. The van der Waals surface area contributed by atoms with E-state index in [9.17, 15) is 14.9 Å². The van der Waals surface area contributed by atoms with Gasteiger partial charge in [0.05, 0.1) is 9.83 Å². The number of halogens is 1. The lowest BCUT2D eigenvalue weighted by Crippen LogP contribution is -2.19. The van der Waals surface area contributed by atoms with E-state index >= 15 is 0 Å². The van der Waals surface area contributed by atoms with Crippen LogP contribution in [0.3, 0.4) is 0 Å². The highest BCUT2D eigenvalue weighted by atomic mass is 35.5. The van der Waals surface area contributed by atoms with E-state index in [2.05, 4.69) is 10.3 Å². The second kappa shape index (κ2) is 6.86. The van der Waals surface area contributed by atoms with E-state index in [4.69, 9.17) is 11.6 Å². The summed E-state index contributed by atoms with van der Waals surface area (Å²) >= 11 is 6.96. The fraction of sp³-hybridized carbons (Fsp3) is 0. The molecule has 120 valence electrons. The molecule has 1 amide bonds. The lowest BCUT2D eigenvalue weighted by molar-refractivity contribution is -0.384. The molecule has 0 unspecified atom stereocenters. The van der Waals surface area contributed by atoms with Crippen molar-refractivity contribution >= 4 is 51.9 Å². The number of amides is 1. The summed E-state index contributed by atoms with van der Waals surface area (Å²) in [6, 6.07) is 13.2. The fourth-order valence-corrected chi connectivity index (χ4v) is 2.97. The number of amidine groups is 1. The van der Waals surface area contributed by atoms with Gasteiger partial charge in [-0.2, -0.15) is 0 Å². The predicted octanol–water partition coefficient (Wildman–Crippen LogP) is 4.14. The van der Waals surface area contributed by atoms with Gasteiger partial charge in [-0.15, -0.1) is 0 Å². The topological polar surface area (TPSA) is 84.6 Å². The molecule has 2 aromatic rings. The van der Waals surface area contributed by atoms with Gasteiger partial charge >= 0.3 is 0 Å². The van der Waals surface area contributed by atoms with Gasteiger partial charge in [0.25, 0.3) is 11.6 Å². The summed E-state index contributed by atoms with van der Waals surface area (Å²) in [6.07, 6.45) is 1.71. The van der Waals surface area contributed by atoms with Gasteiger partial charge in [0.15, 0.2) is 5.17 Å². The Morgan fingerprint density at radius 1 is 1.17 bits per heavy atom. The molecule has 1 N–H and O–H groups in total. The second-order valence-corrected chi connectivity index (χ2v) is 6.25. The van der Waals surface area contributed by atoms with Crippen molar-refractivity contribution in [2.24, 2.45) is 4.99 Å². The number of nitrogens with zero attached hydrogens (tertiary/aromatic N) is 2. The first-order valence-corrected chi connectivity index (χ1v) is 8.01. The third-order valence-corrected chi connectivity index (χ3v) is 4.28. The summed E-state index contributed by atoms with van der Waals surface area (Å²) in [6.45, 7) is 0. The maximum Gasteiger partial charge on any atom is 0.294 e. The monoisotopic (exact) mass is 359 g/mol. The molecule has 0 bridgehead atoms. The minimum Gasteiger partial charge on any atom is -0.300 e. The van der Waals surface area contributed by atoms with Crippen LogP contribution in [0.1, 0.15) is 5.56 Å². The van der Waals surface area contributed by atoms with E-state index in [1.807, 2.05) is 0 Å². The quantitative estimate of drug-likeness (QED) is 0.507. The van der Waals surface area contributed by atoms with Crippen molar-refractivity contribution in [3.05, 3.63) is 74.1 Å². The highest BCUT2D eigenvalue weighted by Gasteiger charge is 2.25. The molecular weight excluding hydrogens is 350 g/mol. The second-order valence-electron chi connectivity index (χ2n) is 4.78. The zero-order valence-electron chi connectivity index (χ0n) is 12.1. The van der Waals surface area contributed by atoms with Gasteiger partial charge in [-0.25, -0.2) is 4.99 Å². The molecule has 1 aliphatic heterocycles. The Morgan fingerprint density at radius 3 is 2.58 bits per heavy atom. The van der Waals surface area contributed by atoms with Gasteiger partial charge in [-0.05, 0) is 41.6 Å². The predicted molar refractivity (Wildman–Crippen MR) is 95.4 cm³/mol. The average molecular weight is 360 g/mol. The number of nitro groups is 1. The van der Waals surface area contributed by atoms with Crippen LogP contribution in [0.2, 0.25) is 5.02 Å². The summed E-state index contributed by atoms with van der Waals surface area (Å²) in [4.78, 5) is 27.2. The number of benzene rings is 2. The molecule has 0 aromatic heterocycles.